The second-order valence-corrected chi connectivity index (χ2v) is 9.54. The third-order valence-electron chi connectivity index (χ3n) is 6.13. The Morgan fingerprint density at radius 2 is 1.45 bits per heavy atom. The Bertz CT molecular complexity index is 1040. The highest BCUT2D eigenvalue weighted by Gasteiger charge is 2.45. The summed E-state index contributed by atoms with van der Waals surface area (Å²) in [7, 11) is 0. The van der Waals surface area contributed by atoms with Crippen LogP contribution in [0.3, 0.4) is 0 Å². The molecule has 1 heterocycles. The van der Waals surface area contributed by atoms with Gasteiger partial charge in [0.15, 0.2) is 0 Å². The van der Waals surface area contributed by atoms with Gasteiger partial charge in [0.1, 0.15) is 5.75 Å². The number of ketones is 1. The zero-order chi connectivity index (χ0) is 22.1. The Balaban J connectivity index is 1.72. The largest absolute Gasteiger partial charge is 0.455 e. The number of Topliss-reactive ketones (excluding diaryl/α,β-unsaturated/α-hetero) is 1. The van der Waals surface area contributed by atoms with E-state index in [-0.39, 0.29) is 16.9 Å². The fourth-order valence-corrected chi connectivity index (χ4v) is 4.63. The van der Waals surface area contributed by atoms with Crippen molar-refractivity contribution in [2.24, 2.45) is 0 Å². The molecule has 0 radical (unpaired) electrons. The third kappa shape index (κ3) is 4.51. The number of piperidine rings is 1. The standard InChI is InChI=1S/C27H31NO3/c1-26(2)18-11-19-27(3,4)28(26)31-25(24(29)21-13-6-5-7-14-21)30-23-17-10-15-20-12-8-9-16-22(20)23/h5-10,12-17,25H,11,18-19H2,1-4H3. The highest BCUT2D eigenvalue weighted by molar-refractivity contribution is 5.99. The average Bonchev–Trinajstić information content (AvgIpc) is 2.75. The molecular weight excluding hydrogens is 386 g/mol. The van der Waals surface area contributed by atoms with E-state index in [4.69, 9.17) is 9.57 Å². The van der Waals surface area contributed by atoms with Crippen LogP contribution in [0.1, 0.15) is 57.3 Å². The fourth-order valence-electron chi connectivity index (χ4n) is 4.63. The molecule has 1 unspecified atom stereocenters. The molecule has 4 rings (SSSR count). The van der Waals surface area contributed by atoms with Crippen molar-refractivity contribution in [3.8, 4) is 5.75 Å². The molecule has 0 amide bonds. The van der Waals surface area contributed by atoms with E-state index in [1.807, 2.05) is 65.7 Å². The summed E-state index contributed by atoms with van der Waals surface area (Å²) in [6.07, 6.45) is 2.04. The first-order valence-corrected chi connectivity index (χ1v) is 11.0. The third-order valence-corrected chi connectivity index (χ3v) is 6.13. The van der Waals surface area contributed by atoms with Gasteiger partial charge in [-0.3, -0.25) is 4.79 Å². The molecule has 0 spiro atoms. The number of ether oxygens (including phenoxy) is 1. The topological polar surface area (TPSA) is 38.8 Å². The minimum Gasteiger partial charge on any atom is -0.455 e. The van der Waals surface area contributed by atoms with E-state index in [9.17, 15) is 4.79 Å². The maximum absolute atomic E-state index is 13.5. The highest BCUT2D eigenvalue weighted by atomic mass is 16.8. The predicted molar refractivity (Wildman–Crippen MR) is 124 cm³/mol. The van der Waals surface area contributed by atoms with E-state index in [2.05, 4.69) is 27.7 Å². The van der Waals surface area contributed by atoms with Gasteiger partial charge in [0.2, 0.25) is 5.78 Å². The van der Waals surface area contributed by atoms with Crippen LogP contribution in [0.25, 0.3) is 10.8 Å². The van der Waals surface area contributed by atoms with E-state index in [1.54, 1.807) is 12.1 Å². The molecule has 1 fully saturated rings. The number of carbonyl (C=O) groups excluding carboxylic acids is 1. The maximum atomic E-state index is 13.5. The molecule has 0 N–H and O–H groups in total. The number of hydrogen-bond acceptors (Lipinski definition) is 4. The average molecular weight is 418 g/mol. The summed E-state index contributed by atoms with van der Waals surface area (Å²) in [6.45, 7) is 8.65. The van der Waals surface area contributed by atoms with Crippen LogP contribution in [0.5, 0.6) is 5.75 Å². The van der Waals surface area contributed by atoms with Crippen molar-refractivity contribution in [1.29, 1.82) is 0 Å². The Kier molecular flexibility index (Phi) is 5.87. The van der Waals surface area contributed by atoms with Crippen LogP contribution in [0.2, 0.25) is 0 Å². The lowest BCUT2D eigenvalue weighted by molar-refractivity contribution is -0.323. The molecule has 162 valence electrons. The smallest absolute Gasteiger partial charge is 0.281 e. The molecule has 1 aliphatic heterocycles. The molecule has 4 nitrogen and oxygen atoms in total. The molecule has 3 aromatic rings. The molecule has 1 atom stereocenters. The van der Waals surface area contributed by atoms with Gasteiger partial charge in [-0.15, -0.1) is 0 Å². The lowest BCUT2D eigenvalue weighted by Crippen LogP contribution is -2.60. The summed E-state index contributed by atoms with van der Waals surface area (Å²) in [6, 6.07) is 23.1. The molecule has 0 aliphatic carbocycles. The van der Waals surface area contributed by atoms with Crippen molar-refractivity contribution in [2.75, 3.05) is 0 Å². The predicted octanol–water partition coefficient (Wildman–Crippen LogP) is 6.40. The first kappa shape index (κ1) is 21.5. The maximum Gasteiger partial charge on any atom is 0.281 e. The molecular formula is C27H31NO3. The molecule has 0 bridgehead atoms. The van der Waals surface area contributed by atoms with Gasteiger partial charge in [-0.25, -0.2) is 4.84 Å². The second-order valence-electron chi connectivity index (χ2n) is 9.54. The van der Waals surface area contributed by atoms with Crippen molar-refractivity contribution in [2.45, 2.75) is 64.3 Å². The van der Waals surface area contributed by atoms with Gasteiger partial charge in [0.05, 0.1) is 0 Å². The number of nitrogens with zero attached hydrogens (tertiary/aromatic N) is 1. The van der Waals surface area contributed by atoms with Crippen molar-refractivity contribution >= 4 is 16.6 Å². The highest BCUT2D eigenvalue weighted by Crippen LogP contribution is 2.39. The number of benzene rings is 3. The summed E-state index contributed by atoms with van der Waals surface area (Å²) in [4.78, 5) is 20.0. The molecule has 1 saturated heterocycles. The summed E-state index contributed by atoms with van der Waals surface area (Å²) in [5, 5.41) is 4.00. The van der Waals surface area contributed by atoms with E-state index < -0.39 is 6.29 Å². The van der Waals surface area contributed by atoms with Gasteiger partial charge in [0, 0.05) is 22.0 Å². The van der Waals surface area contributed by atoms with Crippen LogP contribution in [0.15, 0.2) is 72.8 Å². The Morgan fingerprint density at radius 3 is 2.16 bits per heavy atom. The first-order chi connectivity index (χ1) is 14.8. The lowest BCUT2D eigenvalue weighted by atomic mass is 9.82. The van der Waals surface area contributed by atoms with Crippen molar-refractivity contribution in [1.82, 2.24) is 5.06 Å². The SMILES string of the molecule is CC1(C)CCCC(C)(C)N1OC(Oc1cccc2ccccc12)C(=O)c1ccccc1. The van der Waals surface area contributed by atoms with Crippen LogP contribution in [-0.4, -0.2) is 28.2 Å². The lowest BCUT2D eigenvalue weighted by Gasteiger charge is -2.51. The fraction of sp³-hybridized carbons (Fsp3) is 0.370. The summed E-state index contributed by atoms with van der Waals surface area (Å²) >= 11 is 0. The minimum atomic E-state index is -1.08. The number of hydrogen-bond donors (Lipinski definition) is 0. The number of hydroxylamine groups is 2. The minimum absolute atomic E-state index is 0.189. The zero-order valence-electron chi connectivity index (χ0n) is 18.8. The molecule has 4 heteroatoms. The Labute approximate surface area is 184 Å². The Hall–Kier alpha value is -2.69. The van der Waals surface area contributed by atoms with Crippen LogP contribution < -0.4 is 4.74 Å². The first-order valence-electron chi connectivity index (χ1n) is 11.0. The monoisotopic (exact) mass is 417 g/mol. The zero-order valence-corrected chi connectivity index (χ0v) is 18.8. The van der Waals surface area contributed by atoms with Gasteiger partial charge >= 0.3 is 0 Å². The van der Waals surface area contributed by atoms with Gasteiger partial charge in [-0.05, 0) is 58.4 Å². The van der Waals surface area contributed by atoms with Crippen LogP contribution >= 0.6 is 0 Å². The van der Waals surface area contributed by atoms with Gasteiger partial charge < -0.3 is 4.74 Å². The quantitative estimate of drug-likeness (QED) is 0.343. The van der Waals surface area contributed by atoms with Crippen LogP contribution in [-0.2, 0) is 4.84 Å². The van der Waals surface area contributed by atoms with E-state index in [0.717, 1.165) is 30.0 Å². The summed E-state index contributed by atoms with van der Waals surface area (Å²) in [5.74, 6) is 0.450. The molecule has 31 heavy (non-hydrogen) atoms. The van der Waals surface area contributed by atoms with E-state index in [0.29, 0.717) is 11.3 Å². The van der Waals surface area contributed by atoms with Crippen molar-refractivity contribution in [3.05, 3.63) is 78.4 Å². The van der Waals surface area contributed by atoms with E-state index >= 15 is 0 Å². The van der Waals surface area contributed by atoms with Crippen molar-refractivity contribution in [3.63, 3.8) is 0 Å². The molecule has 0 aromatic heterocycles. The van der Waals surface area contributed by atoms with Gasteiger partial charge in [-0.2, -0.15) is 5.06 Å². The van der Waals surface area contributed by atoms with Gasteiger partial charge in [-0.1, -0.05) is 66.7 Å². The van der Waals surface area contributed by atoms with Gasteiger partial charge in [0.25, 0.3) is 6.29 Å². The number of fused-ring (bicyclic) bond motifs is 1. The molecule has 0 saturated carbocycles. The summed E-state index contributed by atoms with van der Waals surface area (Å²) < 4.78 is 6.32. The molecule has 3 aromatic carbocycles. The molecule has 1 aliphatic rings. The van der Waals surface area contributed by atoms with Crippen LogP contribution in [0, 0.1) is 0 Å². The van der Waals surface area contributed by atoms with E-state index in [1.165, 1.54) is 0 Å². The number of carbonyl (C=O) groups is 1. The number of rotatable bonds is 6. The Morgan fingerprint density at radius 1 is 0.839 bits per heavy atom. The normalized spacial score (nSPS) is 19.1. The summed E-state index contributed by atoms with van der Waals surface area (Å²) in [5.41, 5.74) is 0.151. The van der Waals surface area contributed by atoms with Crippen LogP contribution in [0.4, 0.5) is 0 Å². The second kappa shape index (κ2) is 8.45. The van der Waals surface area contributed by atoms with Crippen molar-refractivity contribution < 1.29 is 14.4 Å².